The van der Waals surface area contributed by atoms with E-state index in [0.717, 1.165) is 11.3 Å². The quantitative estimate of drug-likeness (QED) is 0.318. The summed E-state index contributed by atoms with van der Waals surface area (Å²) in [5.41, 5.74) is 1.04. The van der Waals surface area contributed by atoms with Crippen molar-refractivity contribution < 1.29 is 9.88 Å². The number of hydrogen-bond donors (Lipinski definition) is 0. The molecule has 5 heteroatoms. The van der Waals surface area contributed by atoms with Crippen LogP contribution in [0.3, 0.4) is 0 Å². The lowest BCUT2D eigenvalue weighted by Gasteiger charge is -2.01. The number of halogens is 2. The molecule has 1 unspecified atom stereocenters. The Labute approximate surface area is 107 Å². The van der Waals surface area contributed by atoms with Gasteiger partial charge in [-0.1, -0.05) is 44.1 Å². The highest BCUT2D eigenvalue weighted by Gasteiger charge is 1.97. The minimum absolute atomic E-state index is 0.279. The Morgan fingerprint density at radius 1 is 1.43 bits per heavy atom. The highest BCUT2D eigenvalue weighted by Crippen LogP contribution is 2.20. The lowest BCUT2D eigenvalue weighted by atomic mass is 10.2. The Morgan fingerprint density at radius 2 is 2.14 bits per heavy atom. The first-order valence-electron chi connectivity index (χ1n) is 4.06. The Morgan fingerprint density at radius 3 is 2.79 bits per heavy atom. The standard InChI is InChI=1S/C9H11I2NO2/c1-7-5-3-4-6-9(7)13-14-12-11-8(2)10/h3-6,8H,1-2H3. The molecule has 14 heavy (non-hydrogen) atoms. The Balaban J connectivity index is 2.42. The third-order valence-corrected chi connectivity index (χ3v) is 3.99. The normalized spacial score (nSPS) is 13.6. The Kier molecular flexibility index (Phi) is 5.87. The van der Waals surface area contributed by atoms with Gasteiger partial charge in [0.15, 0.2) is 5.75 Å². The van der Waals surface area contributed by atoms with Gasteiger partial charge in [-0.15, -0.1) is 0 Å². The van der Waals surface area contributed by atoms with Crippen molar-refractivity contribution in [2.45, 2.75) is 15.8 Å². The van der Waals surface area contributed by atoms with E-state index in [1.54, 1.807) is 0 Å². The van der Waals surface area contributed by atoms with E-state index in [-0.39, 0.29) is 21.0 Å². The monoisotopic (exact) mass is 419 g/mol. The Bertz CT molecular complexity index is 315. The third kappa shape index (κ3) is 4.65. The molecule has 0 aliphatic carbocycles. The average molecular weight is 419 g/mol. The molecule has 0 aromatic heterocycles. The zero-order valence-corrected chi connectivity index (χ0v) is 12.2. The molecule has 0 aliphatic rings. The summed E-state index contributed by atoms with van der Waals surface area (Å²) in [6, 6.07) is 7.69. The first kappa shape index (κ1) is 12.3. The van der Waals surface area contributed by atoms with Gasteiger partial charge in [0, 0.05) is 21.0 Å². The van der Waals surface area contributed by atoms with Crippen molar-refractivity contribution >= 4 is 43.6 Å². The average Bonchev–Trinajstić information content (AvgIpc) is 2.15. The summed E-state index contributed by atoms with van der Waals surface area (Å²) in [6.45, 7) is 4.07. The fourth-order valence-electron chi connectivity index (χ4n) is 0.775. The lowest BCUT2D eigenvalue weighted by Crippen LogP contribution is -1.91. The van der Waals surface area contributed by atoms with Gasteiger partial charge in [-0.25, -0.2) is 0 Å². The fourth-order valence-corrected chi connectivity index (χ4v) is 1.84. The van der Waals surface area contributed by atoms with Gasteiger partial charge in [-0.2, -0.15) is 0 Å². The minimum Gasteiger partial charge on any atom is -0.312 e. The molecule has 0 spiro atoms. The topological polar surface area (TPSA) is 30.8 Å². The van der Waals surface area contributed by atoms with Gasteiger partial charge in [-0.3, -0.25) is 0 Å². The number of rotatable bonds is 4. The van der Waals surface area contributed by atoms with E-state index >= 15 is 0 Å². The first-order valence-corrected chi connectivity index (χ1v) is 7.52. The largest absolute Gasteiger partial charge is 0.312 e. The molecule has 0 radical (unpaired) electrons. The van der Waals surface area contributed by atoms with E-state index in [1.807, 2.05) is 31.2 Å². The van der Waals surface area contributed by atoms with Crippen LogP contribution < -0.4 is 4.89 Å². The molecule has 1 rings (SSSR count). The zero-order valence-electron chi connectivity index (χ0n) is 7.91. The van der Waals surface area contributed by atoms with E-state index in [0.29, 0.717) is 1.93 Å². The maximum atomic E-state index is 5.04. The smallest absolute Gasteiger partial charge is 0.171 e. The molecule has 78 valence electrons. The molecule has 0 saturated heterocycles. The van der Waals surface area contributed by atoms with Crippen LogP contribution in [-0.2, 0) is 4.99 Å². The van der Waals surface area contributed by atoms with Crippen LogP contribution in [0.15, 0.2) is 27.6 Å². The lowest BCUT2D eigenvalue weighted by molar-refractivity contribution is -0.201. The summed E-state index contributed by atoms with van der Waals surface area (Å²) in [6.07, 6.45) is 0. The van der Waals surface area contributed by atoms with Crippen molar-refractivity contribution in [3.63, 3.8) is 0 Å². The van der Waals surface area contributed by atoms with Gasteiger partial charge >= 0.3 is 0 Å². The predicted molar refractivity (Wildman–Crippen MR) is 72.8 cm³/mol. The molecule has 0 heterocycles. The maximum Gasteiger partial charge on any atom is 0.171 e. The van der Waals surface area contributed by atoms with Crippen LogP contribution in [0.4, 0.5) is 0 Å². The predicted octanol–water partition coefficient (Wildman–Crippen LogP) is 4.16. The summed E-state index contributed by atoms with van der Waals surface area (Å²) in [5, 5.41) is 0. The molecule has 1 aromatic carbocycles. The highest BCUT2D eigenvalue weighted by molar-refractivity contribution is 14.2. The molecule has 0 fully saturated rings. The number of benzene rings is 1. The fraction of sp³-hybridized carbons (Fsp3) is 0.333. The van der Waals surface area contributed by atoms with Gasteiger partial charge < -0.3 is 4.89 Å². The SMILES string of the molecule is Cc1ccccc1OON=IC(C)I. The summed E-state index contributed by atoms with van der Waals surface area (Å²) in [4.78, 5) is 9.83. The van der Waals surface area contributed by atoms with Crippen LogP contribution in [0, 0.1) is 6.92 Å². The number of para-hydroxylation sites is 1. The molecule has 0 saturated carbocycles. The summed E-state index contributed by atoms with van der Waals surface area (Å²) in [5.74, 6) is 0.723. The molecule has 1 atom stereocenters. The molecule has 0 N–H and O–H groups in total. The second-order valence-electron chi connectivity index (χ2n) is 2.61. The maximum absolute atomic E-state index is 5.04. The third-order valence-electron chi connectivity index (χ3n) is 1.42. The van der Waals surface area contributed by atoms with Crippen LogP contribution in [0.5, 0.6) is 5.75 Å². The van der Waals surface area contributed by atoms with E-state index in [4.69, 9.17) is 9.88 Å². The van der Waals surface area contributed by atoms with Gasteiger partial charge in [0.2, 0.25) is 0 Å². The van der Waals surface area contributed by atoms with Crippen molar-refractivity contribution in [2.24, 2.45) is 3.31 Å². The van der Waals surface area contributed by atoms with Crippen LogP contribution in [0.1, 0.15) is 12.5 Å². The van der Waals surface area contributed by atoms with E-state index in [2.05, 4.69) is 32.8 Å². The van der Waals surface area contributed by atoms with Gasteiger partial charge in [0.05, 0.1) is 1.93 Å². The summed E-state index contributed by atoms with van der Waals surface area (Å²) >= 11 is 2.04. The van der Waals surface area contributed by atoms with Gasteiger partial charge in [0.1, 0.15) is 0 Å². The van der Waals surface area contributed by atoms with E-state index in [1.165, 1.54) is 0 Å². The summed E-state index contributed by atoms with van der Waals surface area (Å²) < 4.78 is 4.45. The van der Waals surface area contributed by atoms with Gasteiger partial charge in [-0.05, 0) is 30.5 Å². The molecule has 0 bridgehead atoms. The molecule has 3 nitrogen and oxygen atoms in total. The first-order chi connectivity index (χ1) is 6.70. The van der Waals surface area contributed by atoms with E-state index < -0.39 is 0 Å². The molecular weight excluding hydrogens is 408 g/mol. The molecule has 0 aliphatic heterocycles. The summed E-state index contributed by atoms with van der Waals surface area (Å²) in [7, 11) is 0. The number of alkyl halides is 2. The van der Waals surface area contributed by atoms with Crippen molar-refractivity contribution in [1.82, 2.24) is 0 Å². The Hall–Kier alpha value is 0.240. The highest BCUT2D eigenvalue weighted by atomic mass is 127. The molecule has 1 aromatic rings. The van der Waals surface area contributed by atoms with Crippen LogP contribution in [0.2, 0.25) is 0 Å². The van der Waals surface area contributed by atoms with Crippen LogP contribution in [-0.4, -0.2) is 1.93 Å². The van der Waals surface area contributed by atoms with Crippen molar-refractivity contribution in [3.05, 3.63) is 29.8 Å². The molecule has 0 amide bonds. The molecular formula is C9H11I2NO2. The van der Waals surface area contributed by atoms with Crippen LogP contribution in [0.25, 0.3) is 0 Å². The second-order valence-corrected chi connectivity index (χ2v) is 9.68. The van der Waals surface area contributed by atoms with Crippen molar-refractivity contribution in [1.29, 1.82) is 0 Å². The second kappa shape index (κ2) is 6.67. The number of hydrogen-bond acceptors (Lipinski definition) is 3. The van der Waals surface area contributed by atoms with Crippen LogP contribution >= 0.6 is 43.6 Å². The van der Waals surface area contributed by atoms with Crippen molar-refractivity contribution in [3.8, 4) is 5.75 Å². The van der Waals surface area contributed by atoms with Crippen molar-refractivity contribution in [2.75, 3.05) is 0 Å². The number of nitrogens with zero attached hydrogens (tertiary/aromatic N) is 1. The zero-order chi connectivity index (χ0) is 10.4. The number of aryl methyl sites for hydroxylation is 1. The minimum atomic E-state index is -0.279. The van der Waals surface area contributed by atoms with Gasteiger partial charge in [0.25, 0.3) is 0 Å². The van der Waals surface area contributed by atoms with E-state index in [9.17, 15) is 0 Å².